The van der Waals surface area contributed by atoms with Gasteiger partial charge in [0.05, 0.1) is 17.2 Å². The van der Waals surface area contributed by atoms with Crippen LogP contribution >= 0.6 is 0 Å². The molecule has 0 atom stereocenters. The molecule has 5 nitrogen and oxygen atoms in total. The average Bonchev–Trinajstić information content (AvgIpc) is 2.30. The number of carbonyl (C=O) groups is 1. The second-order valence-corrected chi connectivity index (χ2v) is 5.78. The predicted octanol–water partition coefficient (Wildman–Crippen LogP) is 0.638. The summed E-state index contributed by atoms with van der Waals surface area (Å²) in [5.74, 6) is -0.100. The molecule has 0 aromatic heterocycles. The molecule has 0 heterocycles. The topological polar surface area (TPSA) is 75.3 Å². The van der Waals surface area contributed by atoms with Crippen LogP contribution in [0, 0.1) is 0 Å². The maximum Gasteiger partial charge on any atom is 0.238 e. The highest BCUT2D eigenvalue weighted by molar-refractivity contribution is 7.91. The molecule has 1 amide bonds. The summed E-state index contributed by atoms with van der Waals surface area (Å²) >= 11 is 0. The van der Waals surface area contributed by atoms with Gasteiger partial charge in [-0.1, -0.05) is 6.92 Å². The van der Waals surface area contributed by atoms with E-state index in [-0.39, 0.29) is 23.1 Å². The molecule has 0 saturated heterocycles. The highest BCUT2D eigenvalue weighted by Crippen LogP contribution is 2.15. The molecule has 17 heavy (non-hydrogen) atoms. The van der Waals surface area contributed by atoms with Crippen molar-refractivity contribution in [3.05, 3.63) is 24.3 Å². The molecular formula is C11H16N2O3S. The van der Waals surface area contributed by atoms with Crippen molar-refractivity contribution in [3.8, 4) is 0 Å². The Hall–Kier alpha value is -1.40. The number of sulfone groups is 1. The van der Waals surface area contributed by atoms with Crippen LogP contribution in [0.15, 0.2) is 29.2 Å². The highest BCUT2D eigenvalue weighted by atomic mass is 32.2. The zero-order valence-corrected chi connectivity index (χ0v) is 10.7. The molecule has 2 N–H and O–H groups in total. The first-order chi connectivity index (χ1) is 7.99. The molecule has 0 aliphatic heterocycles. The smallest absolute Gasteiger partial charge is 0.238 e. The number of benzene rings is 1. The first-order valence-electron chi connectivity index (χ1n) is 5.27. The molecule has 1 aromatic rings. The molecule has 0 unspecified atom stereocenters. The highest BCUT2D eigenvalue weighted by Gasteiger charge is 2.10. The zero-order chi connectivity index (χ0) is 12.9. The summed E-state index contributed by atoms with van der Waals surface area (Å²) < 4.78 is 23.1. The van der Waals surface area contributed by atoms with Crippen LogP contribution in [0.25, 0.3) is 0 Å². The lowest BCUT2D eigenvalue weighted by molar-refractivity contribution is -0.115. The zero-order valence-electron chi connectivity index (χ0n) is 9.86. The van der Waals surface area contributed by atoms with E-state index < -0.39 is 9.84 Å². The first kappa shape index (κ1) is 13.7. The molecular weight excluding hydrogens is 240 g/mol. The molecule has 0 spiro atoms. The van der Waals surface area contributed by atoms with Crippen molar-refractivity contribution in [3.63, 3.8) is 0 Å². The lowest BCUT2D eigenvalue weighted by atomic mass is 10.3. The quantitative estimate of drug-likeness (QED) is 0.810. The van der Waals surface area contributed by atoms with E-state index in [1.54, 1.807) is 26.1 Å². The van der Waals surface area contributed by atoms with Gasteiger partial charge in [-0.3, -0.25) is 4.79 Å². The SMILES string of the molecule is CCS(=O)(=O)c1ccc(NC(=O)CNC)cc1. The van der Waals surface area contributed by atoms with E-state index in [1.165, 1.54) is 12.1 Å². The van der Waals surface area contributed by atoms with E-state index in [9.17, 15) is 13.2 Å². The van der Waals surface area contributed by atoms with Gasteiger partial charge in [-0.05, 0) is 31.3 Å². The van der Waals surface area contributed by atoms with Crippen molar-refractivity contribution in [1.29, 1.82) is 0 Å². The Bertz CT molecular complexity index is 480. The Balaban J connectivity index is 2.79. The van der Waals surface area contributed by atoms with Gasteiger partial charge in [0, 0.05) is 5.69 Å². The van der Waals surface area contributed by atoms with Crippen LogP contribution in [0.2, 0.25) is 0 Å². The normalized spacial score (nSPS) is 11.2. The van der Waals surface area contributed by atoms with E-state index in [2.05, 4.69) is 10.6 Å². The van der Waals surface area contributed by atoms with E-state index in [0.717, 1.165) is 0 Å². The Morgan fingerprint density at radius 2 is 1.82 bits per heavy atom. The van der Waals surface area contributed by atoms with Gasteiger partial charge < -0.3 is 10.6 Å². The van der Waals surface area contributed by atoms with Crippen molar-refractivity contribution in [2.45, 2.75) is 11.8 Å². The summed E-state index contributed by atoms with van der Waals surface area (Å²) in [6, 6.07) is 6.15. The third-order valence-corrected chi connectivity index (χ3v) is 3.97. The molecule has 0 aliphatic carbocycles. The van der Waals surface area contributed by atoms with Gasteiger partial charge in [-0.2, -0.15) is 0 Å². The molecule has 1 rings (SSSR count). The lowest BCUT2D eigenvalue weighted by Gasteiger charge is -2.06. The standard InChI is InChI=1S/C11H16N2O3S/c1-3-17(15,16)10-6-4-9(5-7-10)13-11(14)8-12-2/h4-7,12H,3,8H2,1-2H3,(H,13,14). The summed E-state index contributed by atoms with van der Waals surface area (Å²) in [7, 11) is -1.50. The van der Waals surface area contributed by atoms with Crippen molar-refractivity contribution in [1.82, 2.24) is 5.32 Å². The monoisotopic (exact) mass is 256 g/mol. The summed E-state index contributed by atoms with van der Waals surface area (Å²) in [5.41, 5.74) is 0.584. The van der Waals surface area contributed by atoms with Crippen molar-refractivity contribution < 1.29 is 13.2 Å². The van der Waals surface area contributed by atoms with Gasteiger partial charge in [0.1, 0.15) is 0 Å². The van der Waals surface area contributed by atoms with Crippen molar-refractivity contribution >= 4 is 21.4 Å². The second kappa shape index (κ2) is 5.79. The number of anilines is 1. The Kier molecular flexibility index (Phi) is 4.65. The summed E-state index contributed by atoms with van der Waals surface area (Å²) in [6.07, 6.45) is 0. The van der Waals surface area contributed by atoms with Gasteiger partial charge in [-0.25, -0.2) is 8.42 Å². The van der Waals surface area contributed by atoms with Crippen LogP contribution in [-0.4, -0.2) is 33.7 Å². The fraction of sp³-hybridized carbons (Fsp3) is 0.364. The third kappa shape index (κ3) is 3.83. The number of hydrogen-bond donors (Lipinski definition) is 2. The third-order valence-electron chi connectivity index (χ3n) is 2.21. The van der Waals surface area contributed by atoms with E-state index in [0.29, 0.717) is 5.69 Å². The van der Waals surface area contributed by atoms with Crippen LogP contribution in [0.4, 0.5) is 5.69 Å². The summed E-state index contributed by atoms with van der Waals surface area (Å²) in [4.78, 5) is 11.5. The minimum Gasteiger partial charge on any atom is -0.325 e. The molecule has 1 aromatic carbocycles. The van der Waals surface area contributed by atoms with Gasteiger partial charge in [0.25, 0.3) is 0 Å². The Morgan fingerprint density at radius 1 is 1.24 bits per heavy atom. The fourth-order valence-corrected chi connectivity index (χ4v) is 2.16. The number of likely N-dealkylation sites (N-methyl/N-ethyl adjacent to an activating group) is 1. The van der Waals surface area contributed by atoms with Crippen LogP contribution < -0.4 is 10.6 Å². The number of nitrogens with one attached hydrogen (secondary N) is 2. The number of hydrogen-bond acceptors (Lipinski definition) is 4. The van der Waals surface area contributed by atoms with Crippen LogP contribution in [0.1, 0.15) is 6.92 Å². The largest absolute Gasteiger partial charge is 0.325 e. The number of amides is 1. The second-order valence-electron chi connectivity index (χ2n) is 3.51. The van der Waals surface area contributed by atoms with E-state index >= 15 is 0 Å². The van der Waals surface area contributed by atoms with Gasteiger partial charge in [-0.15, -0.1) is 0 Å². The molecule has 6 heteroatoms. The summed E-state index contributed by atoms with van der Waals surface area (Å²) in [6.45, 7) is 1.81. The molecule has 0 bridgehead atoms. The van der Waals surface area contributed by atoms with Gasteiger partial charge in [0.15, 0.2) is 9.84 Å². The average molecular weight is 256 g/mol. The minimum absolute atomic E-state index is 0.0679. The fourth-order valence-electron chi connectivity index (χ4n) is 1.28. The predicted molar refractivity (Wildman–Crippen MR) is 66.7 cm³/mol. The maximum absolute atomic E-state index is 11.5. The number of rotatable bonds is 5. The van der Waals surface area contributed by atoms with Crippen molar-refractivity contribution in [2.75, 3.05) is 24.7 Å². The minimum atomic E-state index is -3.18. The lowest BCUT2D eigenvalue weighted by Crippen LogP contribution is -2.25. The number of carbonyl (C=O) groups excluding carboxylic acids is 1. The Labute approximate surface area is 101 Å². The van der Waals surface area contributed by atoms with Gasteiger partial charge in [0.2, 0.25) is 5.91 Å². The van der Waals surface area contributed by atoms with Crippen molar-refractivity contribution in [2.24, 2.45) is 0 Å². The first-order valence-corrected chi connectivity index (χ1v) is 6.92. The summed E-state index contributed by atoms with van der Waals surface area (Å²) in [5, 5.41) is 5.37. The molecule has 0 aliphatic rings. The molecule has 0 radical (unpaired) electrons. The van der Waals surface area contributed by atoms with Crippen LogP contribution in [0.3, 0.4) is 0 Å². The molecule has 94 valence electrons. The Morgan fingerprint density at radius 3 is 2.29 bits per heavy atom. The van der Waals surface area contributed by atoms with Crippen LogP contribution in [0.5, 0.6) is 0 Å². The van der Waals surface area contributed by atoms with E-state index in [1.807, 2.05) is 0 Å². The maximum atomic E-state index is 11.5. The van der Waals surface area contributed by atoms with E-state index in [4.69, 9.17) is 0 Å². The molecule has 0 fully saturated rings. The van der Waals surface area contributed by atoms with Gasteiger partial charge >= 0.3 is 0 Å². The van der Waals surface area contributed by atoms with Crippen LogP contribution in [-0.2, 0) is 14.6 Å². The molecule has 0 saturated carbocycles.